The van der Waals surface area contributed by atoms with Crippen molar-refractivity contribution in [3.8, 4) is 5.75 Å². The number of benzene rings is 1. The molecule has 20 heavy (non-hydrogen) atoms. The van der Waals surface area contributed by atoms with Crippen LogP contribution in [0.4, 0.5) is 0 Å². The second-order valence-corrected chi connectivity index (χ2v) is 6.96. The Bertz CT molecular complexity index is 525. The third-order valence-corrected chi connectivity index (χ3v) is 5.08. The summed E-state index contributed by atoms with van der Waals surface area (Å²) in [7, 11) is -1.65. The van der Waals surface area contributed by atoms with E-state index in [4.69, 9.17) is 4.74 Å². The highest BCUT2D eigenvalue weighted by atomic mass is 32.2. The summed E-state index contributed by atoms with van der Waals surface area (Å²) in [5, 5.41) is 3.24. The Kier molecular flexibility index (Phi) is 5.39. The van der Waals surface area contributed by atoms with Gasteiger partial charge in [0.15, 0.2) is 0 Å². The fourth-order valence-corrected chi connectivity index (χ4v) is 3.90. The van der Waals surface area contributed by atoms with Crippen molar-refractivity contribution in [3.05, 3.63) is 29.8 Å². The predicted octanol–water partition coefficient (Wildman–Crippen LogP) is 1.11. The van der Waals surface area contributed by atoms with Gasteiger partial charge >= 0.3 is 0 Å². The fraction of sp³-hybridized carbons (Fsp3) is 0.571. The number of hydrogen-bond donors (Lipinski definition) is 2. The number of sulfonamides is 1. The molecule has 0 aliphatic carbocycles. The third kappa shape index (κ3) is 4.47. The van der Waals surface area contributed by atoms with Crippen LogP contribution < -0.4 is 14.8 Å². The van der Waals surface area contributed by atoms with E-state index in [9.17, 15) is 8.42 Å². The van der Waals surface area contributed by atoms with E-state index in [1.807, 2.05) is 24.3 Å². The van der Waals surface area contributed by atoms with Gasteiger partial charge in [-0.3, -0.25) is 0 Å². The van der Waals surface area contributed by atoms with E-state index in [0.29, 0.717) is 5.75 Å². The van der Waals surface area contributed by atoms with E-state index in [0.717, 1.165) is 31.5 Å². The van der Waals surface area contributed by atoms with Gasteiger partial charge in [0, 0.05) is 12.1 Å². The molecule has 0 atom stereocenters. The van der Waals surface area contributed by atoms with Crippen molar-refractivity contribution >= 4 is 10.0 Å². The normalized spacial score (nSPS) is 17.1. The Morgan fingerprint density at radius 1 is 1.30 bits per heavy atom. The minimum atomic E-state index is -3.24. The van der Waals surface area contributed by atoms with Crippen LogP contribution >= 0.6 is 0 Å². The SMILES string of the molecule is COc1ccccc1CNS(=O)(=O)CC1CCNCC1. The van der Waals surface area contributed by atoms with Crippen LogP contribution in [0.2, 0.25) is 0 Å². The molecule has 1 fully saturated rings. The van der Waals surface area contributed by atoms with Gasteiger partial charge in [0.05, 0.1) is 12.9 Å². The molecule has 0 saturated carbocycles. The molecule has 1 saturated heterocycles. The maximum atomic E-state index is 12.1. The van der Waals surface area contributed by atoms with Crippen molar-refractivity contribution in [3.63, 3.8) is 0 Å². The molecule has 0 aromatic heterocycles. The first-order chi connectivity index (χ1) is 9.61. The molecule has 1 aliphatic heterocycles. The molecular weight excluding hydrogens is 276 g/mol. The molecule has 6 heteroatoms. The maximum absolute atomic E-state index is 12.1. The molecule has 0 bridgehead atoms. The Morgan fingerprint density at radius 2 is 2.00 bits per heavy atom. The van der Waals surface area contributed by atoms with Gasteiger partial charge in [0.25, 0.3) is 0 Å². The minimum Gasteiger partial charge on any atom is -0.496 e. The smallest absolute Gasteiger partial charge is 0.212 e. The molecule has 1 aromatic rings. The van der Waals surface area contributed by atoms with Gasteiger partial charge in [-0.15, -0.1) is 0 Å². The molecular formula is C14H22N2O3S. The summed E-state index contributed by atoms with van der Waals surface area (Å²) < 4.78 is 32.1. The lowest BCUT2D eigenvalue weighted by Gasteiger charge is -2.22. The number of para-hydroxylation sites is 1. The standard InChI is InChI=1S/C14H22N2O3S/c1-19-14-5-3-2-4-13(14)10-16-20(17,18)11-12-6-8-15-9-7-12/h2-5,12,15-16H,6-11H2,1H3. The Hall–Kier alpha value is -1.11. The summed E-state index contributed by atoms with van der Waals surface area (Å²) in [6.07, 6.45) is 1.85. The molecule has 0 spiro atoms. The van der Waals surface area contributed by atoms with E-state index < -0.39 is 10.0 Å². The summed E-state index contributed by atoms with van der Waals surface area (Å²) >= 11 is 0. The van der Waals surface area contributed by atoms with E-state index in [1.54, 1.807) is 7.11 Å². The minimum absolute atomic E-state index is 0.212. The van der Waals surface area contributed by atoms with Crippen molar-refractivity contribution < 1.29 is 13.2 Å². The van der Waals surface area contributed by atoms with Crippen molar-refractivity contribution in [1.29, 1.82) is 0 Å². The largest absolute Gasteiger partial charge is 0.496 e. The summed E-state index contributed by atoms with van der Waals surface area (Å²) in [4.78, 5) is 0. The first-order valence-corrected chi connectivity index (χ1v) is 8.56. The van der Waals surface area contributed by atoms with E-state index in [1.165, 1.54) is 0 Å². The van der Waals surface area contributed by atoms with E-state index >= 15 is 0 Å². The third-order valence-electron chi connectivity index (χ3n) is 3.59. The van der Waals surface area contributed by atoms with Crippen molar-refractivity contribution in [2.75, 3.05) is 26.0 Å². The fourth-order valence-electron chi connectivity index (χ4n) is 2.45. The second-order valence-electron chi connectivity index (χ2n) is 5.11. The molecule has 1 heterocycles. The summed E-state index contributed by atoms with van der Waals surface area (Å²) in [6.45, 7) is 2.09. The first-order valence-electron chi connectivity index (χ1n) is 6.90. The van der Waals surface area contributed by atoms with Crippen LogP contribution in [0.25, 0.3) is 0 Å². The highest BCUT2D eigenvalue weighted by Gasteiger charge is 2.21. The lowest BCUT2D eigenvalue weighted by molar-refractivity contribution is 0.399. The molecule has 0 radical (unpaired) electrons. The Morgan fingerprint density at radius 3 is 2.70 bits per heavy atom. The van der Waals surface area contributed by atoms with Gasteiger partial charge in [-0.05, 0) is 37.9 Å². The lowest BCUT2D eigenvalue weighted by Crippen LogP contribution is -2.35. The molecule has 112 valence electrons. The van der Waals surface area contributed by atoms with Crippen LogP contribution in [-0.4, -0.2) is 34.4 Å². The molecule has 1 aliphatic rings. The van der Waals surface area contributed by atoms with Crippen LogP contribution in [-0.2, 0) is 16.6 Å². The van der Waals surface area contributed by atoms with Crippen LogP contribution in [0.3, 0.4) is 0 Å². The highest BCUT2D eigenvalue weighted by Crippen LogP contribution is 2.18. The van der Waals surface area contributed by atoms with Gasteiger partial charge < -0.3 is 10.1 Å². The van der Waals surface area contributed by atoms with Crippen LogP contribution in [0, 0.1) is 5.92 Å². The molecule has 1 aromatic carbocycles. The lowest BCUT2D eigenvalue weighted by atomic mass is 10.0. The maximum Gasteiger partial charge on any atom is 0.212 e. The molecule has 0 unspecified atom stereocenters. The van der Waals surface area contributed by atoms with E-state index in [2.05, 4.69) is 10.0 Å². The number of methoxy groups -OCH3 is 1. The van der Waals surface area contributed by atoms with Gasteiger partial charge in [-0.25, -0.2) is 13.1 Å². The van der Waals surface area contributed by atoms with E-state index in [-0.39, 0.29) is 18.2 Å². The zero-order valence-corrected chi connectivity index (χ0v) is 12.6. The number of hydrogen-bond acceptors (Lipinski definition) is 4. The zero-order chi connectivity index (χ0) is 14.4. The van der Waals surface area contributed by atoms with Crippen LogP contribution in [0.15, 0.2) is 24.3 Å². The Balaban J connectivity index is 1.91. The number of ether oxygens (including phenoxy) is 1. The monoisotopic (exact) mass is 298 g/mol. The highest BCUT2D eigenvalue weighted by molar-refractivity contribution is 7.89. The summed E-state index contributed by atoms with van der Waals surface area (Å²) in [5.41, 5.74) is 0.851. The molecule has 5 nitrogen and oxygen atoms in total. The summed E-state index contributed by atoms with van der Waals surface area (Å²) in [6, 6.07) is 7.44. The second kappa shape index (κ2) is 7.06. The van der Waals surface area contributed by atoms with Crippen molar-refractivity contribution in [2.24, 2.45) is 5.92 Å². The quantitative estimate of drug-likeness (QED) is 0.826. The average molecular weight is 298 g/mol. The topological polar surface area (TPSA) is 67.4 Å². The predicted molar refractivity (Wildman–Crippen MR) is 79.2 cm³/mol. The number of piperidine rings is 1. The van der Waals surface area contributed by atoms with Gasteiger partial charge in [0.1, 0.15) is 5.75 Å². The molecule has 2 rings (SSSR count). The summed E-state index contributed by atoms with van der Waals surface area (Å²) in [5.74, 6) is 1.17. The van der Waals surface area contributed by atoms with Crippen molar-refractivity contribution in [2.45, 2.75) is 19.4 Å². The van der Waals surface area contributed by atoms with Gasteiger partial charge in [-0.2, -0.15) is 0 Å². The van der Waals surface area contributed by atoms with Crippen LogP contribution in [0.1, 0.15) is 18.4 Å². The first kappa shape index (κ1) is 15.3. The zero-order valence-electron chi connectivity index (χ0n) is 11.8. The average Bonchev–Trinajstić information content (AvgIpc) is 2.46. The Labute approximate surface area is 120 Å². The van der Waals surface area contributed by atoms with Gasteiger partial charge in [0.2, 0.25) is 10.0 Å². The number of rotatable bonds is 6. The molecule has 0 amide bonds. The molecule has 2 N–H and O–H groups in total. The van der Waals surface area contributed by atoms with Crippen LogP contribution in [0.5, 0.6) is 5.75 Å². The van der Waals surface area contributed by atoms with Gasteiger partial charge in [-0.1, -0.05) is 18.2 Å². The van der Waals surface area contributed by atoms with Crippen molar-refractivity contribution in [1.82, 2.24) is 10.0 Å². The number of nitrogens with one attached hydrogen (secondary N) is 2.